The Morgan fingerprint density at radius 2 is 2.25 bits per heavy atom. The van der Waals surface area contributed by atoms with E-state index in [2.05, 4.69) is 15.5 Å². The number of nitrogens with one attached hydrogen (secondary N) is 1. The normalized spacial score (nSPS) is 12.8. The second-order valence-corrected chi connectivity index (χ2v) is 4.09. The van der Waals surface area contributed by atoms with Gasteiger partial charge < -0.3 is 15.5 Å². The first-order valence-electron chi connectivity index (χ1n) is 4.98. The molecule has 1 unspecified atom stereocenters. The van der Waals surface area contributed by atoms with Crippen LogP contribution in [0.1, 0.15) is 19.7 Å². The number of anilines is 1. The predicted octanol–water partition coefficient (Wildman–Crippen LogP) is 0.773. The van der Waals surface area contributed by atoms with E-state index in [1.54, 1.807) is 0 Å². The Hall–Kier alpha value is -1.30. The van der Waals surface area contributed by atoms with E-state index < -0.39 is 11.9 Å². The summed E-state index contributed by atoms with van der Waals surface area (Å²) in [5.74, 6) is 0.433. The largest absolute Gasteiger partial charge is 0.408 e. The van der Waals surface area contributed by atoms with E-state index in [9.17, 15) is 4.79 Å². The monoisotopic (exact) mass is 246 g/mol. The number of alkyl halides is 1. The molecule has 0 fully saturated rings. The number of aryl methyl sites for hydroxylation is 1. The molecule has 1 heterocycles. The fraction of sp³-hybridized carbons (Fsp3) is 0.667. The van der Waals surface area contributed by atoms with Gasteiger partial charge in [0.05, 0.1) is 0 Å². The average molecular weight is 247 g/mol. The highest BCUT2D eigenvalue weighted by atomic mass is 35.5. The van der Waals surface area contributed by atoms with Gasteiger partial charge in [-0.25, -0.2) is 0 Å². The lowest BCUT2D eigenvalue weighted by Gasteiger charge is -2.16. The van der Waals surface area contributed by atoms with Crippen LogP contribution in [0.25, 0.3) is 0 Å². The summed E-state index contributed by atoms with van der Waals surface area (Å²) in [5.41, 5.74) is 5.24. The van der Waals surface area contributed by atoms with E-state index >= 15 is 0 Å². The standard InChI is InChI=1S/C9H15ClN4O2/c1-5(2)7(8(11)15)12-9-14-13-6(16-9)3-4-10/h5,7H,3-4H2,1-2H3,(H2,11,15)(H,12,14). The lowest BCUT2D eigenvalue weighted by molar-refractivity contribution is -0.119. The van der Waals surface area contributed by atoms with Crippen molar-refractivity contribution in [2.75, 3.05) is 11.2 Å². The van der Waals surface area contributed by atoms with Crippen LogP contribution in [0.4, 0.5) is 6.01 Å². The number of hydrogen-bond acceptors (Lipinski definition) is 5. The number of nitrogens with zero attached hydrogens (tertiary/aromatic N) is 2. The van der Waals surface area contributed by atoms with E-state index in [0.29, 0.717) is 18.2 Å². The second kappa shape index (κ2) is 5.69. The third-order valence-corrected chi connectivity index (χ3v) is 2.22. The molecule has 1 atom stereocenters. The Bertz CT molecular complexity index is 353. The molecular weight excluding hydrogens is 232 g/mol. The van der Waals surface area contributed by atoms with E-state index in [1.165, 1.54) is 0 Å². The Morgan fingerprint density at radius 3 is 2.75 bits per heavy atom. The van der Waals surface area contributed by atoms with Gasteiger partial charge in [-0.3, -0.25) is 4.79 Å². The van der Waals surface area contributed by atoms with Crippen LogP contribution in [-0.4, -0.2) is 28.0 Å². The van der Waals surface area contributed by atoms with Crippen molar-refractivity contribution in [3.63, 3.8) is 0 Å². The van der Waals surface area contributed by atoms with E-state index in [0.717, 1.165) is 0 Å². The number of hydrogen-bond donors (Lipinski definition) is 2. The second-order valence-electron chi connectivity index (χ2n) is 3.71. The zero-order valence-electron chi connectivity index (χ0n) is 9.24. The quantitative estimate of drug-likeness (QED) is 0.723. The van der Waals surface area contributed by atoms with Crippen LogP contribution in [0.5, 0.6) is 0 Å². The maximum atomic E-state index is 11.1. The van der Waals surface area contributed by atoms with Gasteiger partial charge in [-0.15, -0.1) is 16.7 Å². The van der Waals surface area contributed by atoms with Crippen molar-refractivity contribution in [1.29, 1.82) is 0 Å². The van der Waals surface area contributed by atoms with Crippen molar-refractivity contribution < 1.29 is 9.21 Å². The van der Waals surface area contributed by atoms with Gasteiger partial charge in [0.25, 0.3) is 0 Å². The zero-order valence-corrected chi connectivity index (χ0v) is 9.99. The van der Waals surface area contributed by atoms with Crippen molar-refractivity contribution in [3.8, 4) is 0 Å². The molecule has 0 saturated heterocycles. The highest BCUT2D eigenvalue weighted by Gasteiger charge is 2.21. The van der Waals surface area contributed by atoms with Gasteiger partial charge in [0, 0.05) is 12.3 Å². The predicted molar refractivity (Wildman–Crippen MR) is 60.2 cm³/mol. The number of nitrogens with two attached hydrogens (primary N) is 1. The van der Waals surface area contributed by atoms with E-state index in [1.807, 2.05) is 13.8 Å². The van der Waals surface area contributed by atoms with Gasteiger partial charge >= 0.3 is 6.01 Å². The molecule has 0 aliphatic heterocycles. The molecule has 0 aliphatic rings. The van der Waals surface area contributed by atoms with Gasteiger partial charge in [0.15, 0.2) is 0 Å². The summed E-state index contributed by atoms with van der Waals surface area (Å²) >= 11 is 5.53. The third kappa shape index (κ3) is 3.37. The smallest absolute Gasteiger partial charge is 0.316 e. The van der Waals surface area contributed by atoms with Crippen molar-refractivity contribution in [3.05, 3.63) is 5.89 Å². The van der Waals surface area contributed by atoms with Crippen molar-refractivity contribution in [1.82, 2.24) is 10.2 Å². The number of rotatable bonds is 6. The minimum atomic E-state index is -0.524. The number of aromatic nitrogens is 2. The lowest BCUT2D eigenvalue weighted by atomic mass is 10.0. The van der Waals surface area contributed by atoms with Crippen LogP contribution in [-0.2, 0) is 11.2 Å². The first-order valence-corrected chi connectivity index (χ1v) is 5.52. The summed E-state index contributed by atoms with van der Waals surface area (Å²) in [7, 11) is 0. The molecule has 0 radical (unpaired) electrons. The van der Waals surface area contributed by atoms with Gasteiger partial charge in [-0.1, -0.05) is 18.9 Å². The molecule has 1 aromatic heterocycles. The molecule has 0 saturated carbocycles. The molecule has 1 rings (SSSR count). The van der Waals surface area contributed by atoms with Gasteiger partial charge in [0.1, 0.15) is 6.04 Å². The molecule has 0 aliphatic carbocycles. The average Bonchev–Trinajstić information content (AvgIpc) is 2.61. The summed E-state index contributed by atoms with van der Waals surface area (Å²) in [6.07, 6.45) is 0.499. The minimum Gasteiger partial charge on any atom is -0.408 e. The summed E-state index contributed by atoms with van der Waals surface area (Å²) in [5, 5.41) is 10.3. The summed E-state index contributed by atoms with van der Waals surface area (Å²) in [6, 6.07) is -0.332. The van der Waals surface area contributed by atoms with E-state index in [-0.39, 0.29) is 11.9 Å². The van der Waals surface area contributed by atoms with Gasteiger partial charge in [-0.2, -0.15) is 0 Å². The molecular formula is C9H15ClN4O2. The van der Waals surface area contributed by atoms with Crippen LogP contribution in [0.2, 0.25) is 0 Å². The zero-order chi connectivity index (χ0) is 12.1. The van der Waals surface area contributed by atoms with Crippen molar-refractivity contribution >= 4 is 23.5 Å². The lowest BCUT2D eigenvalue weighted by Crippen LogP contribution is -2.39. The number of halogens is 1. The van der Waals surface area contributed by atoms with Gasteiger partial charge in [-0.05, 0) is 5.92 Å². The molecule has 3 N–H and O–H groups in total. The Balaban J connectivity index is 2.66. The Kier molecular flexibility index (Phi) is 4.54. The van der Waals surface area contributed by atoms with E-state index in [4.69, 9.17) is 21.8 Å². The topological polar surface area (TPSA) is 94.0 Å². The van der Waals surface area contributed by atoms with Crippen LogP contribution in [0.3, 0.4) is 0 Å². The summed E-state index contributed by atoms with van der Waals surface area (Å²) in [4.78, 5) is 11.1. The third-order valence-electron chi connectivity index (χ3n) is 2.03. The first-order chi connectivity index (χ1) is 7.54. The SMILES string of the molecule is CC(C)C(Nc1nnc(CCCl)o1)C(N)=O. The molecule has 6 nitrogen and oxygen atoms in total. The van der Waals surface area contributed by atoms with Crippen molar-refractivity contribution in [2.24, 2.45) is 11.7 Å². The summed E-state index contributed by atoms with van der Waals surface area (Å²) in [6.45, 7) is 3.75. The highest BCUT2D eigenvalue weighted by Crippen LogP contribution is 2.11. The minimum absolute atomic E-state index is 0.0425. The number of primary amides is 1. The van der Waals surface area contributed by atoms with Gasteiger partial charge in [0.2, 0.25) is 11.8 Å². The molecule has 0 aromatic carbocycles. The maximum Gasteiger partial charge on any atom is 0.316 e. The van der Waals surface area contributed by atoms with Crippen LogP contribution < -0.4 is 11.1 Å². The molecule has 1 amide bonds. The molecule has 7 heteroatoms. The molecule has 90 valence electrons. The number of carbonyl (C=O) groups excluding carboxylic acids is 1. The fourth-order valence-corrected chi connectivity index (χ4v) is 1.35. The maximum absolute atomic E-state index is 11.1. The Morgan fingerprint density at radius 1 is 1.56 bits per heavy atom. The summed E-state index contributed by atoms with van der Waals surface area (Å²) < 4.78 is 5.23. The molecule has 1 aromatic rings. The van der Waals surface area contributed by atoms with Crippen LogP contribution in [0, 0.1) is 5.92 Å². The number of carbonyl (C=O) groups is 1. The first kappa shape index (κ1) is 12.8. The molecule has 0 spiro atoms. The Labute approximate surface area is 98.5 Å². The molecule has 0 bridgehead atoms. The number of amides is 1. The fourth-order valence-electron chi connectivity index (χ4n) is 1.19. The van der Waals surface area contributed by atoms with Crippen molar-refractivity contribution in [2.45, 2.75) is 26.3 Å². The van der Waals surface area contributed by atoms with Crippen LogP contribution >= 0.6 is 11.6 Å². The highest BCUT2D eigenvalue weighted by molar-refractivity contribution is 6.17. The van der Waals surface area contributed by atoms with Crippen LogP contribution in [0.15, 0.2) is 4.42 Å². The molecule has 16 heavy (non-hydrogen) atoms.